The van der Waals surface area contributed by atoms with Crippen molar-refractivity contribution in [3.63, 3.8) is 0 Å². The average Bonchev–Trinajstić information content (AvgIpc) is 2.78. The summed E-state index contributed by atoms with van der Waals surface area (Å²) in [6.07, 6.45) is 1.57. The fourth-order valence-electron chi connectivity index (χ4n) is 4.01. The van der Waals surface area contributed by atoms with E-state index in [1.807, 2.05) is 32.0 Å². The van der Waals surface area contributed by atoms with Gasteiger partial charge < -0.3 is 15.3 Å². The van der Waals surface area contributed by atoms with Gasteiger partial charge in [-0.25, -0.2) is 0 Å². The average molecular weight is 435 g/mol. The second-order valence-electron chi connectivity index (χ2n) is 8.23. The predicted octanol–water partition coefficient (Wildman–Crippen LogP) is 3.61. The molecule has 0 unspecified atom stereocenters. The first kappa shape index (κ1) is 23.3. The highest BCUT2D eigenvalue weighted by Gasteiger charge is 2.28. The molecule has 0 aromatic heterocycles. The molecule has 2 aromatic carbocycles. The van der Waals surface area contributed by atoms with E-state index >= 15 is 0 Å². The number of para-hydroxylation sites is 2. The Morgan fingerprint density at radius 3 is 2.56 bits per heavy atom. The lowest BCUT2D eigenvalue weighted by molar-refractivity contribution is -0.122. The van der Waals surface area contributed by atoms with E-state index in [2.05, 4.69) is 16.3 Å². The summed E-state index contributed by atoms with van der Waals surface area (Å²) >= 11 is 0. The number of amides is 2. The fraction of sp³-hybridized carbons (Fsp3) is 0.400. The number of phenolic OH excluding ortho intramolecular Hbond substituents is 1. The normalized spacial score (nSPS) is 14.5. The Balaban J connectivity index is 1.58. The van der Waals surface area contributed by atoms with Crippen molar-refractivity contribution >= 4 is 23.2 Å². The topological polar surface area (TPSA) is 96.7 Å². The lowest BCUT2D eigenvalue weighted by Gasteiger charge is -2.33. The van der Waals surface area contributed by atoms with Crippen molar-refractivity contribution < 1.29 is 14.7 Å². The summed E-state index contributed by atoms with van der Waals surface area (Å²) in [5.41, 5.74) is 3.41. The number of carbonyl (C=O) groups excluding carboxylic acids is 2. The first-order valence-corrected chi connectivity index (χ1v) is 11.0. The van der Waals surface area contributed by atoms with Crippen LogP contribution in [0.1, 0.15) is 30.4 Å². The maximum absolute atomic E-state index is 13.1. The van der Waals surface area contributed by atoms with Gasteiger partial charge in [-0.15, -0.1) is 0 Å². The molecule has 2 aromatic rings. The van der Waals surface area contributed by atoms with Crippen molar-refractivity contribution in [3.8, 4) is 11.8 Å². The highest BCUT2D eigenvalue weighted by Crippen LogP contribution is 2.26. The van der Waals surface area contributed by atoms with Crippen LogP contribution in [-0.4, -0.2) is 48.0 Å². The van der Waals surface area contributed by atoms with Crippen LogP contribution in [0.3, 0.4) is 0 Å². The van der Waals surface area contributed by atoms with Crippen molar-refractivity contribution in [2.45, 2.75) is 33.1 Å². The summed E-state index contributed by atoms with van der Waals surface area (Å²) in [7, 11) is 0. The number of nitrogens with zero attached hydrogens (tertiary/aromatic N) is 3. The first-order valence-electron chi connectivity index (χ1n) is 11.0. The molecule has 0 radical (unpaired) electrons. The van der Waals surface area contributed by atoms with Crippen molar-refractivity contribution in [1.29, 1.82) is 5.26 Å². The van der Waals surface area contributed by atoms with E-state index in [-0.39, 0.29) is 36.4 Å². The van der Waals surface area contributed by atoms with Crippen molar-refractivity contribution in [2.75, 3.05) is 36.4 Å². The molecular formula is C25H30N4O3. The molecule has 1 fully saturated rings. The van der Waals surface area contributed by atoms with Crippen LogP contribution in [0.5, 0.6) is 5.75 Å². The molecule has 2 N–H and O–H groups in total. The van der Waals surface area contributed by atoms with Crippen LogP contribution in [-0.2, 0) is 9.59 Å². The number of likely N-dealkylation sites (tertiary alicyclic amines) is 1. The smallest absolute Gasteiger partial charge is 0.241 e. The van der Waals surface area contributed by atoms with Gasteiger partial charge in [0.2, 0.25) is 11.8 Å². The van der Waals surface area contributed by atoms with Crippen LogP contribution in [0.2, 0.25) is 0 Å². The van der Waals surface area contributed by atoms with E-state index in [1.54, 1.807) is 23.1 Å². The zero-order chi connectivity index (χ0) is 23.1. The van der Waals surface area contributed by atoms with E-state index in [1.165, 1.54) is 6.07 Å². The van der Waals surface area contributed by atoms with Crippen molar-refractivity contribution in [3.05, 3.63) is 53.6 Å². The second kappa shape index (κ2) is 10.8. The Kier molecular flexibility index (Phi) is 7.85. The molecule has 3 rings (SSSR count). The molecule has 2 amide bonds. The maximum Gasteiger partial charge on any atom is 0.241 e. The Labute approximate surface area is 189 Å². The van der Waals surface area contributed by atoms with E-state index in [9.17, 15) is 14.7 Å². The van der Waals surface area contributed by atoms with E-state index < -0.39 is 0 Å². The van der Waals surface area contributed by atoms with Gasteiger partial charge in [0, 0.05) is 18.2 Å². The zero-order valence-corrected chi connectivity index (χ0v) is 18.7. The van der Waals surface area contributed by atoms with Gasteiger partial charge in [-0.3, -0.25) is 14.5 Å². The summed E-state index contributed by atoms with van der Waals surface area (Å²) in [6.45, 7) is 5.90. The number of anilines is 2. The van der Waals surface area contributed by atoms with E-state index in [4.69, 9.17) is 5.26 Å². The number of hydrogen-bond acceptors (Lipinski definition) is 5. The molecule has 0 aliphatic carbocycles. The molecule has 0 bridgehead atoms. The van der Waals surface area contributed by atoms with E-state index in [0.717, 1.165) is 16.8 Å². The molecule has 1 aliphatic heterocycles. The van der Waals surface area contributed by atoms with Crippen LogP contribution in [0.25, 0.3) is 0 Å². The van der Waals surface area contributed by atoms with Crippen molar-refractivity contribution in [2.24, 2.45) is 5.92 Å². The summed E-state index contributed by atoms with van der Waals surface area (Å²) in [5, 5.41) is 21.7. The van der Waals surface area contributed by atoms with Gasteiger partial charge in [0.25, 0.3) is 0 Å². The standard InChI is InChI=1S/C25H30N4O3/c1-18-7-5-9-22(19(18)2)29(14-6-13-26)24(31)17-28-15-11-20(12-16-28)25(32)27-21-8-3-4-10-23(21)30/h3-5,7-10,20,30H,6,11-12,14-17H2,1-2H3,(H,27,32). The summed E-state index contributed by atoms with van der Waals surface area (Å²) in [5.74, 6) is -0.253. The molecule has 1 aliphatic rings. The molecule has 1 heterocycles. The third kappa shape index (κ3) is 5.65. The third-order valence-electron chi connectivity index (χ3n) is 6.09. The molecule has 1 saturated heterocycles. The van der Waals surface area contributed by atoms with Crippen LogP contribution in [0.4, 0.5) is 11.4 Å². The predicted molar refractivity (Wildman–Crippen MR) is 124 cm³/mol. The van der Waals surface area contributed by atoms with Crippen molar-refractivity contribution in [1.82, 2.24) is 4.90 Å². The number of aromatic hydroxyl groups is 1. The molecule has 0 atom stereocenters. The Bertz CT molecular complexity index is 1010. The molecule has 0 spiro atoms. The Morgan fingerprint density at radius 1 is 1.16 bits per heavy atom. The summed E-state index contributed by atoms with van der Waals surface area (Å²) < 4.78 is 0. The highest BCUT2D eigenvalue weighted by molar-refractivity contribution is 5.96. The number of phenols is 1. The minimum atomic E-state index is -0.158. The SMILES string of the molecule is Cc1cccc(N(CCC#N)C(=O)CN2CCC(C(=O)Nc3ccccc3O)CC2)c1C. The molecule has 168 valence electrons. The van der Waals surface area contributed by atoms with Gasteiger partial charge >= 0.3 is 0 Å². The second-order valence-corrected chi connectivity index (χ2v) is 8.23. The minimum Gasteiger partial charge on any atom is -0.506 e. The summed E-state index contributed by atoms with van der Waals surface area (Å²) in [4.78, 5) is 29.5. The number of benzene rings is 2. The Morgan fingerprint density at radius 2 is 1.88 bits per heavy atom. The lowest BCUT2D eigenvalue weighted by Crippen LogP contribution is -2.45. The monoisotopic (exact) mass is 434 g/mol. The number of piperidine rings is 1. The largest absolute Gasteiger partial charge is 0.506 e. The number of nitriles is 1. The van der Waals surface area contributed by atoms with Gasteiger partial charge in [0.1, 0.15) is 5.75 Å². The number of rotatable bonds is 7. The van der Waals surface area contributed by atoms with Crippen LogP contribution in [0, 0.1) is 31.1 Å². The quantitative estimate of drug-likeness (QED) is 0.649. The van der Waals surface area contributed by atoms with Gasteiger partial charge in [0.15, 0.2) is 0 Å². The van der Waals surface area contributed by atoms with Gasteiger partial charge in [-0.1, -0.05) is 24.3 Å². The number of aryl methyl sites for hydroxylation is 1. The molecule has 32 heavy (non-hydrogen) atoms. The molecule has 7 heteroatoms. The highest BCUT2D eigenvalue weighted by atomic mass is 16.3. The van der Waals surface area contributed by atoms with Gasteiger partial charge in [0.05, 0.1) is 24.7 Å². The molecule has 7 nitrogen and oxygen atoms in total. The minimum absolute atomic E-state index is 0.0361. The first-order chi connectivity index (χ1) is 15.4. The third-order valence-corrected chi connectivity index (χ3v) is 6.09. The van der Waals surface area contributed by atoms with E-state index in [0.29, 0.717) is 38.2 Å². The van der Waals surface area contributed by atoms with Gasteiger partial charge in [-0.2, -0.15) is 5.26 Å². The fourth-order valence-corrected chi connectivity index (χ4v) is 4.01. The lowest BCUT2D eigenvalue weighted by atomic mass is 9.95. The maximum atomic E-state index is 13.1. The van der Waals surface area contributed by atoms with Crippen LogP contribution in [0.15, 0.2) is 42.5 Å². The number of carbonyl (C=O) groups is 2. The van der Waals surface area contributed by atoms with Crippen LogP contribution < -0.4 is 10.2 Å². The number of nitrogens with one attached hydrogen (secondary N) is 1. The molecule has 0 saturated carbocycles. The molecular weight excluding hydrogens is 404 g/mol. The van der Waals surface area contributed by atoms with Gasteiger partial charge in [-0.05, 0) is 69.1 Å². The number of hydrogen-bond donors (Lipinski definition) is 2. The zero-order valence-electron chi connectivity index (χ0n) is 18.7. The summed E-state index contributed by atoms with van der Waals surface area (Å²) in [6, 6.07) is 14.7. The van der Waals surface area contributed by atoms with Crippen LogP contribution >= 0.6 is 0 Å². The Hall–Kier alpha value is -3.37.